The topological polar surface area (TPSA) is 232 Å². The molecule has 0 radical (unpaired) electrons. The van der Waals surface area contributed by atoms with Gasteiger partial charge in [0, 0.05) is 30.4 Å². The van der Waals surface area contributed by atoms with E-state index in [1.807, 2.05) is 165 Å². The monoisotopic (exact) mass is 1190 g/mol. The quantitative estimate of drug-likeness (QED) is 0.0179. The molecule has 2 amide bonds. The zero-order valence-corrected chi connectivity index (χ0v) is 52.8. The average molecular weight is 1190 g/mol. The van der Waals surface area contributed by atoms with E-state index in [9.17, 15) is 28.8 Å². The molecule has 456 valence electrons. The van der Waals surface area contributed by atoms with Crippen LogP contribution < -0.4 is 36.5 Å². The standard InChI is InChI=1S/C33H45N3O5S.C25H38N2O4.C8H7NOS/c1-21(2)16-27(36-32(42)34-25-12-14-26(40-6)15-13-25)29(37)19-24(18-23-10-8-7-9-11-23)31(39)35-28(17-22(3)4)30(38)33(5)20-41-33;1-16(2)11-20(26)22(28)14-19(13-18-9-7-6-8-10-18)24(30)27-21(12-17(3)4)23(29)25(5)15-31-25;1-10-8-4-2-7(3-5-8)9-6-11/h7-15,21-22,24,27-28H,16-20H2,1-6H3,(H,35,39)(H2,34,36,42);6-10,16-17,19-21H,11-15,26H2,1-5H3,(H,27,30);2-5H,1H3/t24-,27+,28+,33-;19-,20+,21+,25-;/m11./s1. The molecule has 0 unspecified atom stereocenters. The second-order valence-corrected chi connectivity index (χ2v) is 24.5. The summed E-state index contributed by atoms with van der Waals surface area (Å²) in [5.74, 6) is 0.195. The summed E-state index contributed by atoms with van der Waals surface area (Å²) in [4.78, 5) is 83.5. The summed E-state index contributed by atoms with van der Waals surface area (Å²) in [7, 11) is 3.23. The number of Topliss-reactive ketones (excluding diaryl/α,β-unsaturated/α-hetero) is 4. The lowest BCUT2D eigenvalue weighted by molar-refractivity contribution is -0.134. The molecule has 2 aliphatic heterocycles. The molecule has 16 nitrogen and oxygen atoms in total. The van der Waals surface area contributed by atoms with Gasteiger partial charge in [0.1, 0.15) is 28.5 Å². The first-order valence-corrected chi connectivity index (χ1v) is 29.9. The third-order valence-electron chi connectivity index (χ3n) is 14.3. The number of thiocarbonyl (C=S) groups is 2. The molecule has 4 aromatic rings. The molecule has 0 aliphatic carbocycles. The summed E-state index contributed by atoms with van der Waals surface area (Å²) in [6.45, 7) is 20.4. The Morgan fingerprint density at radius 3 is 1.32 bits per heavy atom. The summed E-state index contributed by atoms with van der Waals surface area (Å²) in [6.07, 6.45) is 3.02. The van der Waals surface area contributed by atoms with Crippen LogP contribution in [0.4, 0.5) is 11.4 Å². The molecule has 18 heteroatoms. The van der Waals surface area contributed by atoms with E-state index < -0.39 is 47.2 Å². The van der Waals surface area contributed by atoms with Crippen molar-refractivity contribution in [3.8, 4) is 11.5 Å². The van der Waals surface area contributed by atoms with E-state index in [0.29, 0.717) is 62.8 Å². The maximum atomic E-state index is 13.8. The van der Waals surface area contributed by atoms with Crippen LogP contribution in [-0.2, 0) is 51.1 Å². The molecule has 0 bridgehead atoms. The predicted octanol–water partition coefficient (Wildman–Crippen LogP) is 10.6. The van der Waals surface area contributed by atoms with Crippen molar-refractivity contribution in [3.05, 3.63) is 120 Å². The molecule has 2 fully saturated rings. The van der Waals surface area contributed by atoms with Crippen molar-refractivity contribution >= 4 is 81.0 Å². The Morgan fingerprint density at radius 1 is 0.571 bits per heavy atom. The molecular formula is C66H90N6O10S2. The van der Waals surface area contributed by atoms with Gasteiger partial charge >= 0.3 is 0 Å². The maximum absolute atomic E-state index is 13.8. The number of isothiocyanates is 1. The van der Waals surface area contributed by atoms with Gasteiger partial charge in [0.15, 0.2) is 22.5 Å². The molecule has 0 aromatic heterocycles. The van der Waals surface area contributed by atoms with Gasteiger partial charge in [-0.1, -0.05) is 116 Å². The second kappa shape index (κ2) is 34.4. The molecule has 0 saturated carbocycles. The average Bonchev–Trinajstić information content (AvgIpc) is 4.07. The molecule has 2 saturated heterocycles. The first-order valence-electron chi connectivity index (χ1n) is 29.1. The molecule has 2 aliphatic rings. The van der Waals surface area contributed by atoms with Crippen molar-refractivity contribution in [3.63, 3.8) is 0 Å². The van der Waals surface area contributed by atoms with Crippen molar-refractivity contribution in [1.82, 2.24) is 16.0 Å². The molecule has 2 heterocycles. The number of ketones is 4. The van der Waals surface area contributed by atoms with Gasteiger partial charge < -0.3 is 45.9 Å². The van der Waals surface area contributed by atoms with Crippen molar-refractivity contribution in [2.45, 2.75) is 156 Å². The highest BCUT2D eigenvalue weighted by atomic mass is 32.1. The van der Waals surface area contributed by atoms with Crippen LogP contribution >= 0.6 is 24.4 Å². The van der Waals surface area contributed by atoms with Gasteiger partial charge in [0.2, 0.25) is 11.8 Å². The summed E-state index contributed by atoms with van der Waals surface area (Å²) >= 11 is 10.00. The number of ether oxygens (including phenoxy) is 4. The molecule has 6 rings (SSSR count). The van der Waals surface area contributed by atoms with E-state index in [4.69, 9.17) is 36.9 Å². The number of aliphatic imine (C=N–C) groups is 1. The summed E-state index contributed by atoms with van der Waals surface area (Å²) < 4.78 is 20.9. The number of carbonyl (C=O) groups excluding carboxylic acids is 6. The van der Waals surface area contributed by atoms with E-state index in [1.165, 1.54) is 0 Å². The van der Waals surface area contributed by atoms with Crippen molar-refractivity contribution in [2.24, 2.45) is 46.2 Å². The van der Waals surface area contributed by atoms with Crippen LogP contribution in [-0.4, -0.2) is 108 Å². The van der Waals surface area contributed by atoms with Crippen LogP contribution in [0.3, 0.4) is 0 Å². The number of anilines is 1. The summed E-state index contributed by atoms with van der Waals surface area (Å²) in [5.41, 5.74) is 7.90. The lowest BCUT2D eigenvalue weighted by atomic mass is 9.88. The minimum absolute atomic E-state index is 0.00657. The number of nitrogens with zero attached hydrogens (tertiary/aromatic N) is 1. The molecule has 84 heavy (non-hydrogen) atoms. The van der Waals surface area contributed by atoms with Crippen molar-refractivity contribution in [1.29, 1.82) is 0 Å². The van der Waals surface area contributed by atoms with Crippen LogP contribution in [0.1, 0.15) is 119 Å². The van der Waals surface area contributed by atoms with Crippen LogP contribution in [0.2, 0.25) is 0 Å². The van der Waals surface area contributed by atoms with Gasteiger partial charge in [0.05, 0.1) is 62.4 Å². The normalized spacial score (nSPS) is 17.9. The number of methoxy groups -OCH3 is 2. The van der Waals surface area contributed by atoms with Gasteiger partial charge in [-0.2, -0.15) is 4.99 Å². The predicted molar refractivity (Wildman–Crippen MR) is 339 cm³/mol. The molecule has 6 N–H and O–H groups in total. The third-order valence-corrected chi connectivity index (χ3v) is 14.6. The van der Waals surface area contributed by atoms with Gasteiger partial charge in [-0.25, -0.2) is 0 Å². The minimum Gasteiger partial charge on any atom is -0.497 e. The zero-order chi connectivity index (χ0) is 62.1. The van der Waals surface area contributed by atoms with E-state index in [1.54, 1.807) is 28.1 Å². The SMILES string of the molecule is CC(C)C[C@H](NC(=O)[C@@H](CC(=O)[C@@H](N)CC(C)C)Cc1ccccc1)C(=O)[C@@]1(C)CO1.COc1ccc(N=C=S)cc1.COc1ccc(NC(=S)N[C@@H](CC(C)C)C(=O)C[C@@H](Cc2ccccc2)C(=O)N[C@@H](CC(C)C)C(=O)[C@@]2(C)CO2)cc1. The van der Waals surface area contributed by atoms with Crippen molar-refractivity contribution in [2.75, 3.05) is 32.8 Å². The molecule has 8 atom stereocenters. The van der Waals surface area contributed by atoms with Crippen molar-refractivity contribution < 1.29 is 47.7 Å². The number of carbonyl (C=O) groups is 6. The number of epoxide rings is 2. The highest BCUT2D eigenvalue weighted by Crippen LogP contribution is 2.32. The van der Waals surface area contributed by atoms with E-state index >= 15 is 0 Å². The van der Waals surface area contributed by atoms with Gasteiger partial charge in [-0.05, 0) is 160 Å². The highest BCUT2D eigenvalue weighted by molar-refractivity contribution is 7.80. The smallest absolute Gasteiger partial charge is 0.224 e. The fourth-order valence-electron chi connectivity index (χ4n) is 9.41. The molecular weight excluding hydrogens is 1100 g/mol. The Labute approximate surface area is 509 Å². The van der Waals surface area contributed by atoms with Gasteiger partial charge in [0.25, 0.3) is 0 Å². The molecule has 0 spiro atoms. The Hall–Kier alpha value is -6.53. The number of benzene rings is 4. The Kier molecular flexibility index (Phi) is 28.7. The van der Waals surface area contributed by atoms with E-state index in [0.717, 1.165) is 34.0 Å². The van der Waals surface area contributed by atoms with Crippen LogP contribution in [0.15, 0.2) is 114 Å². The number of nitrogens with one attached hydrogen (secondary N) is 4. The van der Waals surface area contributed by atoms with E-state index in [-0.39, 0.29) is 65.5 Å². The Morgan fingerprint density at radius 2 is 0.952 bits per heavy atom. The number of rotatable bonds is 31. The second-order valence-electron chi connectivity index (χ2n) is 23.9. The number of hydrogen-bond acceptors (Lipinski definition) is 14. The largest absolute Gasteiger partial charge is 0.497 e. The fraction of sp³-hybridized carbons (Fsp3) is 0.515. The van der Waals surface area contributed by atoms with Crippen LogP contribution in [0.25, 0.3) is 0 Å². The lowest BCUT2D eigenvalue weighted by Crippen LogP contribution is -2.50. The first-order chi connectivity index (χ1) is 39.8. The fourth-order valence-corrected chi connectivity index (χ4v) is 9.77. The van der Waals surface area contributed by atoms with Gasteiger partial charge in [-0.3, -0.25) is 28.8 Å². The van der Waals surface area contributed by atoms with E-state index in [2.05, 4.69) is 43.6 Å². The minimum atomic E-state index is -0.851. The number of hydrogen-bond donors (Lipinski definition) is 5. The highest BCUT2D eigenvalue weighted by Gasteiger charge is 2.51. The number of nitrogens with two attached hydrogens (primary N) is 1. The first kappa shape index (κ1) is 70.0. The zero-order valence-electron chi connectivity index (χ0n) is 51.2. The van der Waals surface area contributed by atoms with Gasteiger partial charge in [-0.15, -0.1) is 0 Å². The maximum Gasteiger partial charge on any atom is 0.224 e. The third kappa shape index (κ3) is 24.6. The Balaban J connectivity index is 0.000000314. The molecule has 4 aromatic carbocycles. The summed E-state index contributed by atoms with van der Waals surface area (Å²) in [6, 6.07) is 31.4. The Bertz CT molecular complexity index is 2800. The van der Waals surface area contributed by atoms with Crippen LogP contribution in [0, 0.1) is 35.5 Å². The lowest BCUT2D eigenvalue weighted by Gasteiger charge is -2.26. The van der Waals surface area contributed by atoms with Crippen LogP contribution in [0.5, 0.6) is 11.5 Å². The number of amides is 2. The summed E-state index contributed by atoms with van der Waals surface area (Å²) in [5, 5.41) is 14.9.